The Hall–Kier alpha value is -2.93. The molecule has 13 nitrogen and oxygen atoms in total. The molecule has 11 N–H and O–H groups in total. The first-order valence-corrected chi connectivity index (χ1v) is 10.4. The minimum Gasteiger partial charge on any atom is -0.480 e. The third kappa shape index (κ3) is 10.4. The van der Waals surface area contributed by atoms with E-state index in [1.54, 1.807) is 6.92 Å². The number of hydrogen-bond acceptors (Lipinski definition) is 7. The largest absolute Gasteiger partial charge is 0.480 e. The van der Waals surface area contributed by atoms with Crippen molar-refractivity contribution in [1.29, 1.82) is 0 Å². The van der Waals surface area contributed by atoms with Crippen LogP contribution < -0.4 is 33.2 Å². The van der Waals surface area contributed by atoms with E-state index in [9.17, 15) is 29.4 Å². The van der Waals surface area contributed by atoms with Gasteiger partial charge in [0.15, 0.2) is 5.96 Å². The van der Waals surface area contributed by atoms with Crippen molar-refractivity contribution in [2.45, 2.75) is 77.2 Å². The summed E-state index contributed by atoms with van der Waals surface area (Å²) in [5.74, 6) is -3.71. The minimum atomic E-state index is -1.23. The molecule has 0 heterocycles. The van der Waals surface area contributed by atoms with Crippen molar-refractivity contribution in [3.8, 4) is 0 Å². The lowest BCUT2D eigenvalue weighted by molar-refractivity contribution is -0.143. The highest BCUT2D eigenvalue weighted by Gasteiger charge is 2.31. The van der Waals surface area contributed by atoms with E-state index in [4.69, 9.17) is 17.2 Å². The summed E-state index contributed by atoms with van der Waals surface area (Å²) in [5.41, 5.74) is 16.0. The molecule has 6 unspecified atom stereocenters. The monoisotopic (exact) mass is 459 g/mol. The molecule has 0 spiro atoms. The molecule has 0 rings (SSSR count). The van der Waals surface area contributed by atoms with E-state index in [0.717, 1.165) is 0 Å². The summed E-state index contributed by atoms with van der Waals surface area (Å²) in [6, 6.07) is -4.48. The molecule has 0 saturated carbocycles. The highest BCUT2D eigenvalue weighted by atomic mass is 16.4. The molecule has 0 saturated heterocycles. The molecule has 0 fully saturated rings. The molecule has 32 heavy (non-hydrogen) atoms. The molecule has 6 atom stereocenters. The van der Waals surface area contributed by atoms with Crippen LogP contribution in [0.5, 0.6) is 0 Å². The van der Waals surface area contributed by atoms with Gasteiger partial charge in [-0.1, -0.05) is 20.3 Å². The Balaban J connectivity index is 5.16. The zero-order chi connectivity index (χ0) is 25.0. The van der Waals surface area contributed by atoms with Crippen molar-refractivity contribution < 1.29 is 29.4 Å². The Kier molecular flexibility index (Phi) is 12.9. The van der Waals surface area contributed by atoms with E-state index in [2.05, 4.69) is 20.9 Å². The summed E-state index contributed by atoms with van der Waals surface area (Å²) >= 11 is 0. The van der Waals surface area contributed by atoms with Crippen molar-refractivity contribution in [3.05, 3.63) is 0 Å². The predicted molar refractivity (Wildman–Crippen MR) is 118 cm³/mol. The molecular formula is C19H37N7O6. The van der Waals surface area contributed by atoms with Crippen molar-refractivity contribution in [3.63, 3.8) is 0 Å². The van der Waals surface area contributed by atoms with Gasteiger partial charge in [0.1, 0.15) is 24.2 Å². The number of carbonyl (C=O) groups excluding carboxylic acids is 3. The van der Waals surface area contributed by atoms with Crippen LogP contribution in [0.3, 0.4) is 0 Å². The van der Waals surface area contributed by atoms with Crippen molar-refractivity contribution in [1.82, 2.24) is 16.0 Å². The first-order valence-electron chi connectivity index (χ1n) is 10.4. The average Bonchev–Trinajstić information content (AvgIpc) is 2.71. The molecule has 0 aromatic rings. The maximum absolute atomic E-state index is 12.8. The maximum Gasteiger partial charge on any atom is 0.326 e. The number of nitrogens with zero attached hydrogens (tertiary/aromatic N) is 1. The summed E-state index contributed by atoms with van der Waals surface area (Å²) in [5, 5.41) is 26.2. The molecular weight excluding hydrogens is 422 g/mol. The van der Waals surface area contributed by atoms with Gasteiger partial charge in [0, 0.05) is 6.54 Å². The molecule has 0 radical (unpaired) electrons. The van der Waals surface area contributed by atoms with Gasteiger partial charge in [-0.2, -0.15) is 0 Å². The Morgan fingerprint density at radius 3 is 2.03 bits per heavy atom. The number of carboxylic acids is 1. The normalized spacial score (nSPS) is 16.4. The second-order valence-corrected chi connectivity index (χ2v) is 7.72. The number of aliphatic hydroxyl groups is 1. The fraction of sp³-hybridized carbons (Fsp3) is 0.737. The Morgan fingerprint density at radius 2 is 1.56 bits per heavy atom. The van der Waals surface area contributed by atoms with Crippen LogP contribution in [0, 0.1) is 5.92 Å². The number of carboxylic acid groups (broad SMARTS) is 1. The van der Waals surface area contributed by atoms with Gasteiger partial charge in [-0.3, -0.25) is 19.4 Å². The Bertz CT molecular complexity index is 681. The number of nitrogens with two attached hydrogens (primary N) is 3. The van der Waals surface area contributed by atoms with Crippen LogP contribution in [-0.2, 0) is 19.2 Å². The summed E-state index contributed by atoms with van der Waals surface area (Å²) in [6.07, 6.45) is -0.178. The zero-order valence-corrected chi connectivity index (χ0v) is 19.0. The van der Waals surface area contributed by atoms with Crippen LogP contribution in [0.1, 0.15) is 47.0 Å². The minimum absolute atomic E-state index is 0.0860. The molecule has 0 aromatic carbocycles. The molecule has 0 aromatic heterocycles. The van der Waals surface area contributed by atoms with Crippen molar-refractivity contribution >= 4 is 29.7 Å². The number of rotatable bonds is 14. The molecule has 13 heteroatoms. The van der Waals surface area contributed by atoms with E-state index >= 15 is 0 Å². The number of aliphatic hydroxyl groups excluding tert-OH is 1. The van der Waals surface area contributed by atoms with Crippen molar-refractivity contribution in [2.24, 2.45) is 28.1 Å². The van der Waals surface area contributed by atoms with E-state index in [1.807, 2.05) is 6.92 Å². The van der Waals surface area contributed by atoms with Crippen molar-refractivity contribution in [2.75, 3.05) is 6.54 Å². The van der Waals surface area contributed by atoms with Gasteiger partial charge >= 0.3 is 5.97 Å². The fourth-order valence-corrected chi connectivity index (χ4v) is 2.60. The van der Waals surface area contributed by atoms with Crippen LogP contribution in [0.2, 0.25) is 0 Å². The third-order valence-electron chi connectivity index (χ3n) is 4.93. The second kappa shape index (κ2) is 14.2. The Labute approximate surface area is 187 Å². The van der Waals surface area contributed by atoms with Gasteiger partial charge in [0.25, 0.3) is 0 Å². The molecule has 0 aliphatic carbocycles. The summed E-state index contributed by atoms with van der Waals surface area (Å²) in [4.78, 5) is 52.6. The molecule has 0 bridgehead atoms. The summed E-state index contributed by atoms with van der Waals surface area (Å²) < 4.78 is 0. The topological polar surface area (TPSA) is 235 Å². The van der Waals surface area contributed by atoms with E-state index in [1.165, 1.54) is 13.8 Å². The van der Waals surface area contributed by atoms with Crippen LogP contribution in [0.25, 0.3) is 0 Å². The van der Waals surface area contributed by atoms with Gasteiger partial charge in [-0.15, -0.1) is 0 Å². The molecule has 0 aliphatic heterocycles. The SMILES string of the molecule is CCC(C)C(NC(=O)C(C)NC(=O)C(N)C(C)O)C(=O)NC(CCCN=C(N)N)C(=O)O. The number of nitrogens with one attached hydrogen (secondary N) is 3. The quantitative estimate of drug-likeness (QED) is 0.0768. The smallest absolute Gasteiger partial charge is 0.326 e. The zero-order valence-electron chi connectivity index (χ0n) is 19.0. The van der Waals surface area contributed by atoms with Gasteiger partial charge in [0.05, 0.1) is 6.10 Å². The van der Waals surface area contributed by atoms with E-state index < -0.39 is 54.0 Å². The summed E-state index contributed by atoms with van der Waals surface area (Å²) in [7, 11) is 0. The van der Waals surface area contributed by atoms with Crippen LogP contribution in [0.4, 0.5) is 0 Å². The van der Waals surface area contributed by atoms with Crippen LogP contribution in [0.15, 0.2) is 4.99 Å². The number of hydrogen-bond donors (Lipinski definition) is 8. The highest BCUT2D eigenvalue weighted by molar-refractivity contribution is 5.94. The second-order valence-electron chi connectivity index (χ2n) is 7.72. The fourth-order valence-electron chi connectivity index (χ4n) is 2.60. The van der Waals surface area contributed by atoms with Crippen LogP contribution in [-0.4, -0.2) is 76.7 Å². The number of aliphatic imine (C=N–C) groups is 1. The predicted octanol–water partition coefficient (Wildman–Crippen LogP) is -2.65. The number of carbonyl (C=O) groups is 4. The van der Waals surface area contributed by atoms with Crippen LogP contribution >= 0.6 is 0 Å². The highest BCUT2D eigenvalue weighted by Crippen LogP contribution is 2.10. The van der Waals surface area contributed by atoms with Gasteiger partial charge in [0.2, 0.25) is 17.7 Å². The molecule has 0 aliphatic rings. The first kappa shape index (κ1) is 29.1. The average molecular weight is 460 g/mol. The third-order valence-corrected chi connectivity index (χ3v) is 4.93. The Morgan fingerprint density at radius 1 is 0.969 bits per heavy atom. The van der Waals surface area contributed by atoms with E-state index in [-0.39, 0.29) is 24.8 Å². The number of amides is 3. The summed E-state index contributed by atoms with van der Waals surface area (Å²) in [6.45, 7) is 6.49. The van der Waals surface area contributed by atoms with Gasteiger partial charge < -0.3 is 43.4 Å². The lowest BCUT2D eigenvalue weighted by Gasteiger charge is -2.27. The van der Waals surface area contributed by atoms with E-state index in [0.29, 0.717) is 12.8 Å². The maximum atomic E-state index is 12.8. The molecule has 3 amide bonds. The lowest BCUT2D eigenvalue weighted by Crippen LogP contribution is -2.58. The molecule has 184 valence electrons. The first-order chi connectivity index (χ1) is 14.8. The number of guanidine groups is 1. The lowest BCUT2D eigenvalue weighted by atomic mass is 9.97. The number of aliphatic carboxylic acids is 1. The standard InChI is InChI=1S/C19H37N7O6/c1-5-9(2)14(26-15(28)10(3)24-16(29)13(20)11(4)27)17(30)25-12(18(31)32)7-6-8-23-19(21)22/h9-14,27H,5-8,20H2,1-4H3,(H,24,29)(H,25,30)(H,26,28)(H,31,32)(H4,21,22,23). The van der Waals surface area contributed by atoms with Gasteiger partial charge in [-0.25, -0.2) is 4.79 Å². The van der Waals surface area contributed by atoms with Gasteiger partial charge in [-0.05, 0) is 32.6 Å².